The highest BCUT2D eigenvalue weighted by Crippen LogP contribution is 2.51. The van der Waals surface area contributed by atoms with Crippen molar-refractivity contribution in [2.75, 3.05) is 13.2 Å². The van der Waals surface area contributed by atoms with Gasteiger partial charge in [-0.2, -0.15) is 10.2 Å². The lowest BCUT2D eigenvalue weighted by Gasteiger charge is -2.35. The number of hydrogen-bond donors (Lipinski definition) is 1. The second-order valence-corrected chi connectivity index (χ2v) is 10.8. The lowest BCUT2D eigenvalue weighted by Crippen LogP contribution is -2.40. The van der Waals surface area contributed by atoms with E-state index in [2.05, 4.69) is 22.1 Å². The van der Waals surface area contributed by atoms with Crippen molar-refractivity contribution < 1.29 is 36.8 Å². The standard InChI is InChI=1S/C26H36F2N5O6P/c1-2-3-4-5-6-7-8-10-25(34)37-15-16-38-40(35,36)39-26(18-32-14-9-13-30-32,19-33-21-29-20-31-33)23-12-11-22(27)17-24(23)28/h9,11-14,17,20-21H,2-8,10,15-16,18-19H2,1H3,(H,35,36). The van der Waals surface area contributed by atoms with Crippen LogP contribution in [0.1, 0.15) is 63.9 Å². The van der Waals surface area contributed by atoms with Crippen LogP contribution in [0.3, 0.4) is 0 Å². The van der Waals surface area contributed by atoms with Crippen LogP contribution in [0, 0.1) is 11.6 Å². The van der Waals surface area contributed by atoms with Crippen LogP contribution in [-0.4, -0.2) is 48.6 Å². The molecule has 220 valence electrons. The number of nitrogens with zero attached hydrogens (tertiary/aromatic N) is 5. The van der Waals surface area contributed by atoms with Gasteiger partial charge in [0.1, 0.15) is 36.5 Å². The normalized spacial score (nSPS) is 14.5. The fourth-order valence-electron chi connectivity index (χ4n) is 4.27. The Hall–Kier alpha value is -2.99. The molecule has 0 saturated carbocycles. The second kappa shape index (κ2) is 15.7. The summed E-state index contributed by atoms with van der Waals surface area (Å²) in [5, 5.41) is 8.11. The zero-order chi connectivity index (χ0) is 28.8. The number of esters is 1. The smallest absolute Gasteiger partial charge is 0.463 e. The summed E-state index contributed by atoms with van der Waals surface area (Å²) < 4.78 is 60.5. The molecular formula is C26H36F2N5O6P. The van der Waals surface area contributed by atoms with E-state index in [0.717, 1.165) is 31.4 Å². The Labute approximate surface area is 232 Å². The van der Waals surface area contributed by atoms with Crippen molar-refractivity contribution in [3.8, 4) is 0 Å². The number of phosphoric acid groups is 1. The first kappa shape index (κ1) is 31.5. The summed E-state index contributed by atoms with van der Waals surface area (Å²) in [6.07, 6.45) is 13.2. The summed E-state index contributed by atoms with van der Waals surface area (Å²) in [4.78, 5) is 26.5. The van der Waals surface area contributed by atoms with E-state index in [-0.39, 0.29) is 31.7 Å². The van der Waals surface area contributed by atoms with Gasteiger partial charge in [-0.3, -0.25) is 18.5 Å². The van der Waals surface area contributed by atoms with Crippen LogP contribution in [0.2, 0.25) is 0 Å². The molecule has 0 aliphatic heterocycles. The van der Waals surface area contributed by atoms with E-state index in [0.29, 0.717) is 12.5 Å². The Morgan fingerprint density at radius 2 is 1.80 bits per heavy atom. The van der Waals surface area contributed by atoms with E-state index in [1.165, 1.54) is 47.5 Å². The number of phosphoric ester groups is 1. The van der Waals surface area contributed by atoms with Gasteiger partial charge in [0.15, 0.2) is 0 Å². The number of carbonyl (C=O) groups is 1. The fraction of sp³-hybridized carbons (Fsp3) is 0.538. The summed E-state index contributed by atoms with van der Waals surface area (Å²) in [5.41, 5.74) is -2.16. The highest BCUT2D eigenvalue weighted by Gasteiger charge is 2.44. The number of benzene rings is 1. The van der Waals surface area contributed by atoms with Crippen LogP contribution in [0.4, 0.5) is 8.78 Å². The zero-order valence-corrected chi connectivity index (χ0v) is 23.4. The SMILES string of the molecule is CCCCCCCCCC(=O)OCCOP(=O)(O)OC(Cn1cccn1)(Cn1cncn1)c1ccc(F)cc1F. The van der Waals surface area contributed by atoms with Crippen LogP contribution < -0.4 is 0 Å². The number of aromatic nitrogens is 5. The number of unbranched alkanes of at least 4 members (excludes halogenated alkanes) is 6. The minimum Gasteiger partial charge on any atom is -0.463 e. The second-order valence-electron chi connectivity index (χ2n) is 9.40. The molecule has 0 bridgehead atoms. The fourth-order valence-corrected chi connectivity index (χ4v) is 5.29. The summed E-state index contributed by atoms with van der Waals surface area (Å²) in [5.74, 6) is -2.28. The van der Waals surface area contributed by atoms with Gasteiger partial charge >= 0.3 is 13.8 Å². The summed E-state index contributed by atoms with van der Waals surface area (Å²) in [6.45, 7) is 0.886. The lowest BCUT2D eigenvalue weighted by atomic mass is 9.93. The number of hydrogen-bond acceptors (Lipinski definition) is 8. The molecule has 0 saturated heterocycles. The third kappa shape index (κ3) is 10.2. The minimum atomic E-state index is -4.90. The molecule has 1 aromatic carbocycles. The first-order valence-electron chi connectivity index (χ1n) is 13.3. The third-order valence-electron chi connectivity index (χ3n) is 6.16. The van der Waals surface area contributed by atoms with Gasteiger partial charge in [0.2, 0.25) is 0 Å². The Morgan fingerprint density at radius 1 is 1.05 bits per heavy atom. The Morgan fingerprint density at radius 3 is 2.48 bits per heavy atom. The molecule has 40 heavy (non-hydrogen) atoms. The molecule has 0 amide bonds. The number of carbonyl (C=O) groups excluding carboxylic acids is 1. The van der Waals surface area contributed by atoms with Crippen LogP contribution in [0.15, 0.2) is 49.3 Å². The summed E-state index contributed by atoms with van der Waals surface area (Å²) in [7, 11) is -4.90. The Kier molecular flexibility index (Phi) is 12.4. The maximum absolute atomic E-state index is 15.1. The number of rotatable bonds is 19. The van der Waals surface area contributed by atoms with Crippen molar-refractivity contribution in [1.29, 1.82) is 0 Å². The molecule has 3 aromatic rings. The molecule has 1 N–H and O–H groups in total. The first-order valence-corrected chi connectivity index (χ1v) is 14.8. The average Bonchev–Trinajstić information content (AvgIpc) is 3.60. The van der Waals surface area contributed by atoms with Gasteiger partial charge in [0, 0.05) is 30.4 Å². The van der Waals surface area contributed by atoms with E-state index < -0.39 is 37.6 Å². The van der Waals surface area contributed by atoms with E-state index in [1.54, 1.807) is 12.3 Å². The molecule has 0 aliphatic rings. The van der Waals surface area contributed by atoms with Crippen LogP contribution in [0.25, 0.3) is 0 Å². The van der Waals surface area contributed by atoms with Crippen molar-refractivity contribution >= 4 is 13.8 Å². The zero-order valence-electron chi connectivity index (χ0n) is 22.5. The van der Waals surface area contributed by atoms with Gasteiger partial charge in [-0.05, 0) is 18.6 Å². The largest absolute Gasteiger partial charge is 0.473 e. The number of ether oxygens (including phenoxy) is 1. The van der Waals surface area contributed by atoms with Crippen molar-refractivity contribution in [1.82, 2.24) is 24.5 Å². The summed E-state index contributed by atoms with van der Waals surface area (Å²) in [6, 6.07) is 4.38. The molecule has 2 heterocycles. The van der Waals surface area contributed by atoms with E-state index in [4.69, 9.17) is 13.8 Å². The predicted molar refractivity (Wildman–Crippen MR) is 141 cm³/mol. The monoisotopic (exact) mass is 583 g/mol. The molecule has 0 fully saturated rings. The molecule has 3 rings (SSSR count). The molecule has 0 aliphatic carbocycles. The van der Waals surface area contributed by atoms with Crippen molar-refractivity contribution in [3.05, 3.63) is 66.5 Å². The van der Waals surface area contributed by atoms with Crippen LogP contribution in [0.5, 0.6) is 0 Å². The molecule has 0 radical (unpaired) electrons. The van der Waals surface area contributed by atoms with Crippen LogP contribution >= 0.6 is 7.82 Å². The average molecular weight is 584 g/mol. The molecule has 0 spiro atoms. The van der Waals surface area contributed by atoms with Crippen LogP contribution in [-0.2, 0) is 41.8 Å². The van der Waals surface area contributed by atoms with Crippen molar-refractivity contribution in [3.63, 3.8) is 0 Å². The maximum atomic E-state index is 15.1. The maximum Gasteiger partial charge on any atom is 0.473 e. The van der Waals surface area contributed by atoms with E-state index in [1.807, 2.05) is 0 Å². The van der Waals surface area contributed by atoms with Gasteiger partial charge in [-0.25, -0.2) is 23.0 Å². The third-order valence-corrected chi connectivity index (χ3v) is 7.25. The Balaban J connectivity index is 1.65. The molecular weight excluding hydrogens is 547 g/mol. The minimum absolute atomic E-state index is 0.223. The topological polar surface area (TPSA) is 131 Å². The van der Waals surface area contributed by atoms with Gasteiger partial charge in [-0.15, -0.1) is 0 Å². The molecule has 2 unspecified atom stereocenters. The first-order chi connectivity index (χ1) is 19.2. The molecule has 2 atom stereocenters. The summed E-state index contributed by atoms with van der Waals surface area (Å²) >= 11 is 0. The predicted octanol–water partition coefficient (Wildman–Crippen LogP) is 5.17. The van der Waals surface area contributed by atoms with Gasteiger partial charge < -0.3 is 9.63 Å². The quantitative estimate of drug-likeness (QED) is 0.115. The Bertz CT molecular complexity index is 1180. The molecule has 14 heteroatoms. The van der Waals surface area contributed by atoms with E-state index >= 15 is 4.39 Å². The molecule has 11 nitrogen and oxygen atoms in total. The van der Waals surface area contributed by atoms with Crippen molar-refractivity contribution in [2.45, 2.75) is 77.0 Å². The highest BCUT2D eigenvalue weighted by atomic mass is 31.2. The van der Waals surface area contributed by atoms with Gasteiger partial charge in [0.25, 0.3) is 0 Å². The van der Waals surface area contributed by atoms with Gasteiger partial charge in [0.05, 0.1) is 19.7 Å². The lowest BCUT2D eigenvalue weighted by molar-refractivity contribution is -0.144. The highest BCUT2D eigenvalue weighted by molar-refractivity contribution is 7.47. The van der Waals surface area contributed by atoms with Gasteiger partial charge in [-0.1, -0.05) is 51.5 Å². The molecule has 2 aromatic heterocycles. The van der Waals surface area contributed by atoms with Crippen molar-refractivity contribution in [2.24, 2.45) is 0 Å². The van der Waals surface area contributed by atoms with E-state index in [9.17, 15) is 18.6 Å². The number of halogens is 2.